The van der Waals surface area contributed by atoms with Gasteiger partial charge in [0, 0.05) is 11.9 Å². The maximum atomic E-state index is 12.0. The summed E-state index contributed by atoms with van der Waals surface area (Å²) >= 11 is 0. The predicted molar refractivity (Wildman–Crippen MR) is 45.6 cm³/mol. The van der Waals surface area contributed by atoms with Gasteiger partial charge in [0.25, 0.3) is 0 Å². The number of nitrogens with one attached hydrogen (secondary N) is 2. The standard InChI is InChI=1S/C8H14FN3/c1-10-4-2-3-7-6-11-8(5-9)12-7/h6,10H,2-5H2,1H3,(H,11,12). The predicted octanol–water partition coefficient (Wildman–Crippen LogP) is 1.03. The number of aryl methyl sites for hydroxylation is 1. The van der Waals surface area contributed by atoms with E-state index in [1.54, 1.807) is 6.20 Å². The van der Waals surface area contributed by atoms with Crippen LogP contribution in [0.5, 0.6) is 0 Å². The summed E-state index contributed by atoms with van der Waals surface area (Å²) in [6.45, 7) is 0.468. The lowest BCUT2D eigenvalue weighted by Crippen LogP contribution is -2.08. The van der Waals surface area contributed by atoms with Crippen LogP contribution >= 0.6 is 0 Å². The Morgan fingerprint density at radius 1 is 1.67 bits per heavy atom. The molecule has 0 unspecified atom stereocenters. The molecule has 0 aliphatic carbocycles. The average Bonchev–Trinajstić information content (AvgIpc) is 2.53. The molecule has 0 saturated heterocycles. The number of aromatic amines is 1. The Labute approximate surface area is 71.4 Å². The second-order valence-electron chi connectivity index (χ2n) is 2.70. The van der Waals surface area contributed by atoms with Gasteiger partial charge in [-0.1, -0.05) is 0 Å². The number of rotatable bonds is 5. The number of hydrogen-bond donors (Lipinski definition) is 2. The molecule has 1 rings (SSSR count). The van der Waals surface area contributed by atoms with E-state index in [2.05, 4.69) is 15.3 Å². The quantitative estimate of drug-likeness (QED) is 0.650. The smallest absolute Gasteiger partial charge is 0.147 e. The largest absolute Gasteiger partial charge is 0.344 e. The molecular weight excluding hydrogens is 157 g/mol. The minimum atomic E-state index is -0.508. The number of halogens is 1. The number of H-pyrrole nitrogens is 1. The van der Waals surface area contributed by atoms with E-state index < -0.39 is 6.67 Å². The van der Waals surface area contributed by atoms with Crippen molar-refractivity contribution >= 4 is 0 Å². The molecule has 0 aromatic carbocycles. The van der Waals surface area contributed by atoms with Gasteiger partial charge in [-0.3, -0.25) is 0 Å². The summed E-state index contributed by atoms with van der Waals surface area (Å²) in [7, 11) is 1.92. The Kier molecular flexibility index (Phi) is 3.73. The van der Waals surface area contributed by atoms with Gasteiger partial charge in [0.1, 0.15) is 12.5 Å². The molecular formula is C8H14FN3. The number of imidazole rings is 1. The summed E-state index contributed by atoms with van der Waals surface area (Å²) in [5.74, 6) is 0.425. The van der Waals surface area contributed by atoms with E-state index in [4.69, 9.17) is 0 Å². The maximum absolute atomic E-state index is 12.0. The highest BCUT2D eigenvalue weighted by atomic mass is 19.1. The van der Waals surface area contributed by atoms with Gasteiger partial charge in [-0.2, -0.15) is 0 Å². The summed E-state index contributed by atoms with van der Waals surface area (Å²) in [6, 6.07) is 0. The van der Waals surface area contributed by atoms with Crippen molar-refractivity contribution in [3.8, 4) is 0 Å². The Balaban J connectivity index is 2.31. The van der Waals surface area contributed by atoms with Crippen molar-refractivity contribution in [1.29, 1.82) is 0 Å². The van der Waals surface area contributed by atoms with E-state index in [1.165, 1.54) is 0 Å². The van der Waals surface area contributed by atoms with Gasteiger partial charge in [0.05, 0.1) is 0 Å². The van der Waals surface area contributed by atoms with Crippen LogP contribution in [0, 0.1) is 0 Å². The maximum Gasteiger partial charge on any atom is 0.147 e. The van der Waals surface area contributed by atoms with E-state index in [0.717, 1.165) is 25.1 Å². The lowest BCUT2D eigenvalue weighted by atomic mass is 10.2. The summed E-state index contributed by atoms with van der Waals surface area (Å²) in [5.41, 5.74) is 1.01. The molecule has 0 bridgehead atoms. The van der Waals surface area contributed by atoms with Crippen LogP contribution in [0.3, 0.4) is 0 Å². The van der Waals surface area contributed by atoms with Crippen LogP contribution in [0.4, 0.5) is 4.39 Å². The highest BCUT2D eigenvalue weighted by molar-refractivity contribution is 5.00. The topological polar surface area (TPSA) is 40.7 Å². The second kappa shape index (κ2) is 4.87. The Morgan fingerprint density at radius 3 is 3.08 bits per heavy atom. The third-order valence-corrected chi connectivity index (χ3v) is 1.68. The highest BCUT2D eigenvalue weighted by Gasteiger charge is 1.98. The van der Waals surface area contributed by atoms with Gasteiger partial charge in [0.2, 0.25) is 0 Å². The first-order chi connectivity index (χ1) is 5.86. The molecule has 0 aliphatic heterocycles. The fourth-order valence-corrected chi connectivity index (χ4v) is 1.06. The number of alkyl halides is 1. The number of hydrogen-bond acceptors (Lipinski definition) is 2. The van der Waals surface area contributed by atoms with Crippen molar-refractivity contribution in [2.45, 2.75) is 19.5 Å². The molecule has 4 heteroatoms. The fraction of sp³-hybridized carbons (Fsp3) is 0.625. The Hall–Kier alpha value is -0.900. The Bertz CT molecular complexity index is 222. The minimum absolute atomic E-state index is 0.425. The van der Waals surface area contributed by atoms with E-state index in [1.807, 2.05) is 7.05 Å². The van der Waals surface area contributed by atoms with Crippen molar-refractivity contribution in [1.82, 2.24) is 15.3 Å². The molecule has 1 aromatic rings. The third kappa shape index (κ3) is 2.62. The van der Waals surface area contributed by atoms with Crippen LogP contribution in [-0.4, -0.2) is 23.6 Å². The molecule has 0 fully saturated rings. The molecule has 2 N–H and O–H groups in total. The monoisotopic (exact) mass is 171 g/mol. The molecule has 0 saturated carbocycles. The molecule has 0 atom stereocenters. The van der Waals surface area contributed by atoms with Gasteiger partial charge >= 0.3 is 0 Å². The average molecular weight is 171 g/mol. The van der Waals surface area contributed by atoms with Crippen LogP contribution in [0.15, 0.2) is 6.20 Å². The van der Waals surface area contributed by atoms with Gasteiger partial charge in [0.15, 0.2) is 0 Å². The number of nitrogens with zero attached hydrogens (tertiary/aromatic N) is 1. The second-order valence-corrected chi connectivity index (χ2v) is 2.70. The first-order valence-corrected chi connectivity index (χ1v) is 4.10. The summed E-state index contributed by atoms with van der Waals surface area (Å²) in [6.07, 6.45) is 3.67. The van der Waals surface area contributed by atoms with Crippen LogP contribution in [0.2, 0.25) is 0 Å². The lowest BCUT2D eigenvalue weighted by Gasteiger charge is -1.96. The normalized spacial score (nSPS) is 10.5. The zero-order valence-corrected chi connectivity index (χ0v) is 7.23. The van der Waals surface area contributed by atoms with Crippen molar-refractivity contribution in [2.75, 3.05) is 13.6 Å². The molecule has 1 heterocycles. The van der Waals surface area contributed by atoms with Gasteiger partial charge in [-0.25, -0.2) is 9.37 Å². The molecule has 68 valence electrons. The first-order valence-electron chi connectivity index (χ1n) is 4.10. The summed E-state index contributed by atoms with van der Waals surface area (Å²) in [4.78, 5) is 6.77. The van der Waals surface area contributed by atoms with Crippen LogP contribution in [-0.2, 0) is 13.1 Å². The number of aromatic nitrogens is 2. The van der Waals surface area contributed by atoms with Crippen LogP contribution < -0.4 is 5.32 Å². The van der Waals surface area contributed by atoms with Crippen molar-refractivity contribution in [2.24, 2.45) is 0 Å². The van der Waals surface area contributed by atoms with Crippen molar-refractivity contribution < 1.29 is 4.39 Å². The van der Waals surface area contributed by atoms with E-state index in [9.17, 15) is 4.39 Å². The molecule has 0 amide bonds. The third-order valence-electron chi connectivity index (χ3n) is 1.68. The zero-order valence-electron chi connectivity index (χ0n) is 7.23. The first kappa shape index (κ1) is 9.19. The molecule has 0 aliphatic rings. The van der Waals surface area contributed by atoms with Crippen molar-refractivity contribution in [3.05, 3.63) is 17.7 Å². The van der Waals surface area contributed by atoms with E-state index in [0.29, 0.717) is 5.82 Å². The zero-order chi connectivity index (χ0) is 8.81. The van der Waals surface area contributed by atoms with E-state index >= 15 is 0 Å². The van der Waals surface area contributed by atoms with Crippen LogP contribution in [0.1, 0.15) is 17.9 Å². The molecule has 0 radical (unpaired) electrons. The lowest BCUT2D eigenvalue weighted by molar-refractivity contribution is 0.468. The minimum Gasteiger partial charge on any atom is -0.344 e. The fourth-order valence-electron chi connectivity index (χ4n) is 1.06. The van der Waals surface area contributed by atoms with Gasteiger partial charge in [-0.15, -0.1) is 0 Å². The summed E-state index contributed by atoms with van der Waals surface area (Å²) < 4.78 is 12.0. The van der Waals surface area contributed by atoms with Crippen LogP contribution in [0.25, 0.3) is 0 Å². The molecule has 1 aromatic heterocycles. The summed E-state index contributed by atoms with van der Waals surface area (Å²) in [5, 5.41) is 3.05. The van der Waals surface area contributed by atoms with E-state index in [-0.39, 0.29) is 0 Å². The van der Waals surface area contributed by atoms with Crippen molar-refractivity contribution in [3.63, 3.8) is 0 Å². The highest BCUT2D eigenvalue weighted by Crippen LogP contribution is 2.01. The van der Waals surface area contributed by atoms with Gasteiger partial charge < -0.3 is 10.3 Å². The SMILES string of the molecule is CNCCCc1cnc(CF)[nH]1. The Morgan fingerprint density at radius 2 is 2.50 bits per heavy atom. The molecule has 12 heavy (non-hydrogen) atoms. The molecule has 3 nitrogen and oxygen atoms in total. The molecule has 0 spiro atoms. The van der Waals surface area contributed by atoms with Gasteiger partial charge in [-0.05, 0) is 26.4 Å².